The minimum atomic E-state index is -5.05. The summed E-state index contributed by atoms with van der Waals surface area (Å²) in [6, 6.07) is 0. The Labute approximate surface area is 84.4 Å². The fraction of sp³-hybridized carbons (Fsp3) is 0. The van der Waals surface area contributed by atoms with E-state index in [4.69, 9.17) is 19.6 Å². The van der Waals surface area contributed by atoms with Gasteiger partial charge in [0.05, 0.1) is 0 Å². The van der Waals surface area contributed by atoms with Crippen LogP contribution in [0.3, 0.4) is 0 Å². The van der Waals surface area contributed by atoms with Crippen LogP contribution in [0.25, 0.3) is 0 Å². The zero-order valence-corrected chi connectivity index (χ0v) is 7.07. The van der Waals surface area contributed by atoms with Crippen molar-refractivity contribution >= 4 is 34.5 Å². The van der Waals surface area contributed by atoms with Gasteiger partial charge in [0.1, 0.15) is 0 Å². The molecule has 0 aromatic carbocycles. The third-order valence-electron chi connectivity index (χ3n) is 0.213. The monoisotopic (exact) mass is 245 g/mol. The second kappa shape index (κ2) is 5.92. The quantitative estimate of drug-likeness (QED) is 0.346. The van der Waals surface area contributed by atoms with E-state index in [0.29, 0.717) is 0 Å². The van der Waals surface area contributed by atoms with Crippen molar-refractivity contribution in [3.63, 3.8) is 0 Å². The Morgan fingerprint density at radius 3 is 1.09 bits per heavy atom. The summed E-state index contributed by atoms with van der Waals surface area (Å²) in [5.74, 6) is 0. The summed E-state index contributed by atoms with van der Waals surface area (Å²) < 4.78 is 22.2. The molecule has 0 atom stereocenters. The molecule has 0 spiro atoms. The summed E-state index contributed by atoms with van der Waals surface area (Å²) >= 11 is 0. The van der Waals surface area contributed by atoms with Crippen LogP contribution in [-0.4, -0.2) is 38.4 Å². The molecule has 0 aliphatic carbocycles. The van der Waals surface area contributed by atoms with Gasteiger partial charge in [-0.3, -0.25) is 0 Å². The Kier molecular flexibility index (Phi) is 9.79. The molecule has 0 unspecified atom stereocenters. The third-order valence-corrected chi connectivity index (χ3v) is 1.91. The molecule has 0 aromatic rings. The Morgan fingerprint density at radius 1 is 0.909 bits per heavy atom. The number of hydrogen-bond acceptors (Lipinski definition) is 3. The zero-order chi connectivity index (χ0) is 7.71. The molecule has 11 heteroatoms. The van der Waals surface area contributed by atoms with Gasteiger partial charge in [-0.25, -0.2) is 9.13 Å². The molecule has 0 saturated carbocycles. The van der Waals surface area contributed by atoms with Crippen LogP contribution in [0.2, 0.25) is 0 Å². The Hall–Kier alpha value is 1.36. The van der Waals surface area contributed by atoms with Crippen LogP contribution in [0.15, 0.2) is 0 Å². The topological polar surface area (TPSA) is 124 Å². The van der Waals surface area contributed by atoms with Crippen molar-refractivity contribution in [3.05, 3.63) is 0 Å². The molecule has 0 fully saturated rings. The molecule has 0 bridgehead atoms. The van der Waals surface area contributed by atoms with E-state index in [-0.39, 0.29) is 35.6 Å². The van der Waals surface area contributed by atoms with E-state index in [2.05, 4.69) is 4.31 Å². The summed E-state index contributed by atoms with van der Waals surface area (Å²) in [5, 5.41) is 0. The standard InChI is InChI=1S/Co.Li.H4O7P2.H/c;;1-8(2,3)7-9(4,5)6;/h;;(H2,1,2,3)(H2,4,5,6);. The maximum atomic E-state index is 9.63. The summed E-state index contributed by atoms with van der Waals surface area (Å²) in [4.78, 5) is 31.0. The fourth-order valence-corrected chi connectivity index (χ4v) is 1.25. The van der Waals surface area contributed by atoms with E-state index in [1.54, 1.807) is 0 Å². The molecule has 1 radical (unpaired) electrons. The van der Waals surface area contributed by atoms with Crippen LogP contribution in [0, 0.1) is 0 Å². The zero-order valence-electron chi connectivity index (χ0n) is 4.24. The minimum absolute atomic E-state index is 0. The summed E-state index contributed by atoms with van der Waals surface area (Å²) in [6.07, 6.45) is 0. The van der Waals surface area contributed by atoms with Crippen molar-refractivity contribution in [2.75, 3.05) is 0 Å². The molecule has 11 heavy (non-hydrogen) atoms. The molecule has 0 aliphatic heterocycles. The van der Waals surface area contributed by atoms with Gasteiger partial charge in [-0.2, -0.15) is 4.31 Å². The SMILES string of the molecule is O=P(O)(O)OP(=O)(O)O.[Co].[LiH]. The average Bonchev–Trinajstić information content (AvgIpc) is 1.14. The third kappa shape index (κ3) is 18.4. The van der Waals surface area contributed by atoms with E-state index >= 15 is 0 Å². The number of rotatable bonds is 2. The first kappa shape index (κ1) is 18.2. The first-order valence-corrected chi connectivity index (χ1v) is 4.59. The number of hydrogen-bond donors (Lipinski definition) is 4. The molecule has 67 valence electrons. The Bertz CT molecular complexity index is 157. The fourth-order valence-electron chi connectivity index (χ4n) is 0.139. The van der Waals surface area contributed by atoms with Crippen LogP contribution >= 0.6 is 15.6 Å². The van der Waals surface area contributed by atoms with Crippen molar-refractivity contribution in [1.82, 2.24) is 0 Å². The van der Waals surface area contributed by atoms with Gasteiger partial charge in [0.2, 0.25) is 0 Å². The predicted molar refractivity (Wildman–Crippen MR) is 32.3 cm³/mol. The molecule has 0 amide bonds. The molecule has 0 saturated heterocycles. The molecule has 4 N–H and O–H groups in total. The van der Waals surface area contributed by atoms with Crippen LogP contribution in [0.1, 0.15) is 0 Å². The summed E-state index contributed by atoms with van der Waals surface area (Å²) in [5.41, 5.74) is 0. The van der Waals surface area contributed by atoms with E-state index in [1.807, 2.05) is 0 Å². The molecule has 0 rings (SSSR count). The molecule has 0 aromatic heterocycles. The van der Waals surface area contributed by atoms with Crippen molar-refractivity contribution in [2.24, 2.45) is 0 Å². The van der Waals surface area contributed by atoms with E-state index < -0.39 is 15.6 Å². The first-order valence-electron chi connectivity index (χ1n) is 1.53. The van der Waals surface area contributed by atoms with Crippen molar-refractivity contribution in [2.45, 2.75) is 0 Å². The van der Waals surface area contributed by atoms with Gasteiger partial charge in [0.15, 0.2) is 0 Å². The molecular weight excluding hydrogens is 240 g/mol. The Balaban J connectivity index is -0.000000320. The molecular formula is H5CoLiO7P2. The van der Waals surface area contributed by atoms with E-state index in [1.165, 1.54) is 0 Å². The second-order valence-corrected chi connectivity index (χ2v) is 3.68. The van der Waals surface area contributed by atoms with Gasteiger partial charge in [0, 0.05) is 16.8 Å². The van der Waals surface area contributed by atoms with Crippen molar-refractivity contribution in [3.8, 4) is 0 Å². The van der Waals surface area contributed by atoms with Crippen LogP contribution < -0.4 is 0 Å². The molecule has 7 nitrogen and oxygen atoms in total. The Morgan fingerprint density at radius 2 is 1.09 bits per heavy atom. The first-order chi connectivity index (χ1) is 3.71. The van der Waals surface area contributed by atoms with Gasteiger partial charge in [0.25, 0.3) is 0 Å². The summed E-state index contributed by atoms with van der Waals surface area (Å²) in [7, 11) is -10.1. The summed E-state index contributed by atoms with van der Waals surface area (Å²) in [6.45, 7) is 0. The number of phosphoric acid groups is 2. The molecule has 0 aliphatic rings. The predicted octanol–water partition coefficient (Wildman–Crippen LogP) is -1.46. The van der Waals surface area contributed by atoms with Crippen LogP contribution in [0.4, 0.5) is 0 Å². The second-order valence-electron chi connectivity index (χ2n) is 1.06. The van der Waals surface area contributed by atoms with Gasteiger partial charge in [-0.15, -0.1) is 0 Å². The van der Waals surface area contributed by atoms with Gasteiger partial charge >= 0.3 is 34.5 Å². The van der Waals surface area contributed by atoms with Crippen LogP contribution in [0.5, 0.6) is 0 Å². The maximum absolute atomic E-state index is 9.63. The van der Waals surface area contributed by atoms with Crippen LogP contribution in [-0.2, 0) is 30.2 Å². The van der Waals surface area contributed by atoms with Crippen molar-refractivity contribution in [1.29, 1.82) is 0 Å². The van der Waals surface area contributed by atoms with E-state index in [0.717, 1.165) is 0 Å². The van der Waals surface area contributed by atoms with Crippen molar-refractivity contribution < 1.29 is 49.8 Å². The van der Waals surface area contributed by atoms with E-state index in [9.17, 15) is 9.13 Å². The van der Waals surface area contributed by atoms with Gasteiger partial charge < -0.3 is 19.6 Å². The van der Waals surface area contributed by atoms with Gasteiger partial charge in [-0.1, -0.05) is 0 Å². The molecule has 0 heterocycles. The normalized spacial score (nSPS) is 11.3. The van der Waals surface area contributed by atoms with Gasteiger partial charge in [-0.05, 0) is 0 Å². The average molecular weight is 245 g/mol.